The molecule has 1 aromatic carbocycles. The smallest absolute Gasteiger partial charge is 0.240 e. The molecule has 10 heteroatoms. The predicted octanol–water partition coefficient (Wildman–Crippen LogP) is 0.268. The highest BCUT2D eigenvalue weighted by molar-refractivity contribution is 7.89. The summed E-state index contributed by atoms with van der Waals surface area (Å²) >= 11 is 0. The second-order valence-electron chi connectivity index (χ2n) is 4.69. The Morgan fingerprint density at radius 3 is 2.42 bits per heavy atom. The van der Waals surface area contributed by atoms with E-state index in [-0.39, 0.29) is 36.2 Å². The predicted molar refractivity (Wildman–Crippen MR) is 91.2 cm³/mol. The van der Waals surface area contributed by atoms with Crippen molar-refractivity contribution in [2.45, 2.75) is 11.3 Å². The largest absolute Gasteiger partial charge is 0.383 e. The summed E-state index contributed by atoms with van der Waals surface area (Å²) in [4.78, 5) is 11.5. The molecule has 3 N–H and O–H groups in total. The monoisotopic (exact) mass is 383 g/mol. The van der Waals surface area contributed by atoms with Crippen LogP contribution in [0.4, 0.5) is 4.39 Å². The number of rotatable bonds is 11. The molecule has 24 heavy (non-hydrogen) atoms. The molecule has 1 rings (SSSR count). The summed E-state index contributed by atoms with van der Waals surface area (Å²) in [6.07, 6.45) is 0.0263. The quantitative estimate of drug-likeness (QED) is 0.476. The third kappa shape index (κ3) is 9.14. The van der Waals surface area contributed by atoms with Gasteiger partial charge in [-0.1, -0.05) is 0 Å². The number of methoxy groups -OCH3 is 1. The molecule has 0 heterocycles. The van der Waals surface area contributed by atoms with Crippen LogP contribution in [-0.2, 0) is 19.6 Å². The van der Waals surface area contributed by atoms with Crippen LogP contribution in [0.25, 0.3) is 0 Å². The van der Waals surface area contributed by atoms with Crippen LogP contribution in [0.15, 0.2) is 29.2 Å². The highest BCUT2D eigenvalue weighted by atomic mass is 35.5. The van der Waals surface area contributed by atoms with Gasteiger partial charge in [-0.3, -0.25) is 4.79 Å². The van der Waals surface area contributed by atoms with E-state index in [9.17, 15) is 17.6 Å². The van der Waals surface area contributed by atoms with Crippen LogP contribution >= 0.6 is 12.4 Å². The Labute approximate surface area is 147 Å². The van der Waals surface area contributed by atoms with Crippen molar-refractivity contribution in [1.82, 2.24) is 15.4 Å². The molecule has 1 amide bonds. The van der Waals surface area contributed by atoms with Gasteiger partial charge < -0.3 is 15.4 Å². The van der Waals surface area contributed by atoms with Crippen molar-refractivity contribution >= 4 is 28.3 Å². The lowest BCUT2D eigenvalue weighted by atomic mass is 10.4. The van der Waals surface area contributed by atoms with Gasteiger partial charge in [-0.05, 0) is 24.3 Å². The maximum absolute atomic E-state index is 12.8. The third-order valence-corrected chi connectivity index (χ3v) is 4.35. The normalized spacial score (nSPS) is 10.9. The van der Waals surface area contributed by atoms with Crippen molar-refractivity contribution in [3.63, 3.8) is 0 Å². The van der Waals surface area contributed by atoms with Crippen molar-refractivity contribution in [3.8, 4) is 0 Å². The Balaban J connectivity index is 0.00000529. The molecular formula is C14H23ClFN3O4S. The number of hydrogen-bond acceptors (Lipinski definition) is 5. The third-order valence-electron chi connectivity index (χ3n) is 2.87. The molecule has 0 fully saturated rings. The minimum Gasteiger partial charge on any atom is -0.383 e. The van der Waals surface area contributed by atoms with Crippen LogP contribution in [0.5, 0.6) is 0 Å². The zero-order valence-electron chi connectivity index (χ0n) is 13.4. The SMILES string of the molecule is COCCNCCNC(=O)CCNS(=O)(=O)c1ccc(F)cc1.Cl. The molecule has 1 aromatic rings. The number of carbonyl (C=O) groups excluding carboxylic acids is 1. The van der Waals surface area contributed by atoms with Crippen LogP contribution in [0.1, 0.15) is 6.42 Å². The second-order valence-corrected chi connectivity index (χ2v) is 6.46. The van der Waals surface area contributed by atoms with E-state index in [1.54, 1.807) is 7.11 Å². The number of benzene rings is 1. The molecule has 7 nitrogen and oxygen atoms in total. The van der Waals surface area contributed by atoms with Crippen molar-refractivity contribution < 1.29 is 22.3 Å². The van der Waals surface area contributed by atoms with Crippen molar-refractivity contribution in [1.29, 1.82) is 0 Å². The standard InChI is InChI=1S/C14H22FN3O4S.ClH/c1-22-11-10-16-8-9-17-14(19)6-7-18-23(20,21)13-4-2-12(15)3-5-13;/h2-5,16,18H,6-11H2,1H3,(H,17,19);1H. The van der Waals surface area contributed by atoms with Gasteiger partial charge in [0.15, 0.2) is 0 Å². The summed E-state index contributed by atoms with van der Waals surface area (Å²) in [7, 11) is -2.12. The van der Waals surface area contributed by atoms with Crippen LogP contribution in [0, 0.1) is 5.82 Å². The van der Waals surface area contributed by atoms with Gasteiger partial charge in [0.1, 0.15) is 5.82 Å². The van der Waals surface area contributed by atoms with E-state index in [1.165, 1.54) is 12.1 Å². The van der Waals surface area contributed by atoms with Crippen molar-refractivity contribution in [3.05, 3.63) is 30.1 Å². The van der Waals surface area contributed by atoms with E-state index >= 15 is 0 Å². The highest BCUT2D eigenvalue weighted by Gasteiger charge is 2.13. The summed E-state index contributed by atoms with van der Waals surface area (Å²) in [6.45, 7) is 2.33. The molecule has 0 spiro atoms. The molecule has 0 aliphatic heterocycles. The molecular weight excluding hydrogens is 361 g/mol. The Morgan fingerprint density at radius 2 is 1.79 bits per heavy atom. The van der Waals surface area contributed by atoms with Gasteiger partial charge in [-0.15, -0.1) is 12.4 Å². The van der Waals surface area contributed by atoms with E-state index in [1.807, 2.05) is 0 Å². The summed E-state index contributed by atoms with van der Waals surface area (Å²) in [5, 5.41) is 5.73. The average Bonchev–Trinajstić information content (AvgIpc) is 2.51. The molecule has 0 aliphatic rings. The van der Waals surface area contributed by atoms with Crippen LogP contribution in [0.2, 0.25) is 0 Å². The maximum Gasteiger partial charge on any atom is 0.240 e. The van der Waals surface area contributed by atoms with E-state index in [4.69, 9.17) is 4.74 Å². The molecule has 0 radical (unpaired) electrons. The van der Waals surface area contributed by atoms with Gasteiger partial charge in [-0.25, -0.2) is 17.5 Å². The first-order valence-electron chi connectivity index (χ1n) is 7.17. The number of ether oxygens (including phenoxy) is 1. The highest BCUT2D eigenvalue weighted by Crippen LogP contribution is 2.09. The van der Waals surface area contributed by atoms with E-state index in [0.717, 1.165) is 12.1 Å². The van der Waals surface area contributed by atoms with Crippen molar-refractivity contribution in [2.24, 2.45) is 0 Å². The first-order chi connectivity index (χ1) is 11.0. The Hall–Kier alpha value is -1.26. The van der Waals surface area contributed by atoms with Gasteiger partial charge in [0.05, 0.1) is 11.5 Å². The van der Waals surface area contributed by atoms with Gasteiger partial charge in [-0.2, -0.15) is 0 Å². The number of nitrogens with one attached hydrogen (secondary N) is 3. The molecule has 0 saturated carbocycles. The molecule has 0 bridgehead atoms. The lowest BCUT2D eigenvalue weighted by molar-refractivity contribution is -0.120. The Morgan fingerprint density at radius 1 is 1.12 bits per heavy atom. The van der Waals surface area contributed by atoms with Crippen LogP contribution < -0.4 is 15.4 Å². The summed E-state index contributed by atoms with van der Waals surface area (Å²) < 4.78 is 43.7. The number of amides is 1. The number of halogens is 2. The van der Waals surface area contributed by atoms with Crippen LogP contribution in [-0.4, -0.2) is 54.2 Å². The van der Waals surface area contributed by atoms with E-state index in [0.29, 0.717) is 26.2 Å². The minimum atomic E-state index is -3.73. The zero-order valence-corrected chi connectivity index (χ0v) is 15.0. The summed E-state index contributed by atoms with van der Waals surface area (Å²) in [6, 6.07) is 4.47. The maximum atomic E-state index is 12.8. The van der Waals surface area contributed by atoms with E-state index < -0.39 is 15.8 Å². The summed E-state index contributed by atoms with van der Waals surface area (Å²) in [5.41, 5.74) is 0. The Kier molecular flexibility index (Phi) is 11.5. The van der Waals surface area contributed by atoms with Gasteiger partial charge >= 0.3 is 0 Å². The average molecular weight is 384 g/mol. The first kappa shape index (κ1) is 22.7. The molecule has 0 aromatic heterocycles. The molecule has 0 aliphatic carbocycles. The topological polar surface area (TPSA) is 96.5 Å². The molecule has 0 atom stereocenters. The van der Waals surface area contributed by atoms with Gasteiger partial charge in [0.2, 0.25) is 15.9 Å². The van der Waals surface area contributed by atoms with Gasteiger partial charge in [0, 0.05) is 39.7 Å². The fraction of sp³-hybridized carbons (Fsp3) is 0.500. The summed E-state index contributed by atoms with van der Waals surface area (Å²) in [5.74, 6) is -0.761. The zero-order chi connectivity index (χ0) is 17.1. The number of hydrogen-bond donors (Lipinski definition) is 3. The fourth-order valence-electron chi connectivity index (χ4n) is 1.67. The first-order valence-corrected chi connectivity index (χ1v) is 8.65. The molecule has 0 saturated heterocycles. The van der Waals surface area contributed by atoms with Crippen LogP contribution in [0.3, 0.4) is 0 Å². The molecule has 0 unspecified atom stereocenters. The Bertz CT molecular complexity index is 584. The second kappa shape index (κ2) is 12.2. The van der Waals surface area contributed by atoms with Crippen molar-refractivity contribution in [2.75, 3.05) is 39.9 Å². The van der Waals surface area contributed by atoms with Gasteiger partial charge in [0.25, 0.3) is 0 Å². The number of sulfonamides is 1. The van der Waals surface area contributed by atoms with E-state index in [2.05, 4.69) is 15.4 Å². The lowest BCUT2D eigenvalue weighted by Crippen LogP contribution is -2.35. The lowest BCUT2D eigenvalue weighted by Gasteiger charge is -2.08. The fourth-order valence-corrected chi connectivity index (χ4v) is 2.71. The minimum absolute atomic E-state index is 0. The molecule has 138 valence electrons. The number of carbonyl (C=O) groups is 1.